The lowest BCUT2D eigenvalue weighted by molar-refractivity contribution is -0.121. The third kappa shape index (κ3) is 1.62. The van der Waals surface area contributed by atoms with Crippen molar-refractivity contribution in [2.45, 2.75) is 6.92 Å². The van der Waals surface area contributed by atoms with Gasteiger partial charge in [-0.15, -0.1) is 0 Å². The van der Waals surface area contributed by atoms with Crippen LogP contribution in [0.5, 0.6) is 5.75 Å². The van der Waals surface area contributed by atoms with Crippen LogP contribution in [0.3, 0.4) is 0 Å². The van der Waals surface area contributed by atoms with Crippen molar-refractivity contribution in [2.24, 2.45) is 0 Å². The number of nitrogens with zero attached hydrogens (tertiary/aromatic N) is 3. The molecule has 6 nitrogen and oxygen atoms in total. The molecule has 0 unspecified atom stereocenters. The van der Waals surface area contributed by atoms with Crippen LogP contribution < -0.4 is 9.64 Å². The molecule has 0 atom stereocenters. The SMILES string of the molecule is CCN1C(=O)COc2cc(-c3ncon3)ccc21. The van der Waals surface area contributed by atoms with Gasteiger partial charge in [0.2, 0.25) is 12.2 Å². The molecular weight excluding hydrogens is 234 g/mol. The van der Waals surface area contributed by atoms with Crippen molar-refractivity contribution in [3.8, 4) is 17.1 Å². The van der Waals surface area contributed by atoms with Gasteiger partial charge in [0, 0.05) is 12.1 Å². The highest BCUT2D eigenvalue weighted by Gasteiger charge is 2.24. The second-order valence-corrected chi connectivity index (χ2v) is 3.86. The van der Waals surface area contributed by atoms with Crippen molar-refractivity contribution in [2.75, 3.05) is 18.1 Å². The van der Waals surface area contributed by atoms with Crippen molar-refractivity contribution < 1.29 is 14.1 Å². The Labute approximate surface area is 103 Å². The van der Waals surface area contributed by atoms with Crippen molar-refractivity contribution in [1.29, 1.82) is 0 Å². The van der Waals surface area contributed by atoms with E-state index in [0.29, 0.717) is 18.1 Å². The second-order valence-electron chi connectivity index (χ2n) is 3.86. The standard InChI is InChI=1S/C12H11N3O3/c1-2-15-9-4-3-8(12-13-7-18-14-12)5-10(9)17-6-11(15)16/h3-5,7H,2,6H2,1H3. The fourth-order valence-electron chi connectivity index (χ4n) is 1.99. The molecule has 0 saturated carbocycles. The smallest absolute Gasteiger partial charge is 0.265 e. The van der Waals surface area contributed by atoms with E-state index in [4.69, 9.17) is 9.26 Å². The molecule has 6 heteroatoms. The van der Waals surface area contributed by atoms with Crippen LogP contribution >= 0.6 is 0 Å². The average Bonchev–Trinajstić information content (AvgIpc) is 2.92. The summed E-state index contributed by atoms with van der Waals surface area (Å²) in [5.41, 5.74) is 1.58. The molecule has 1 aliphatic rings. The molecule has 1 aromatic heterocycles. The fourth-order valence-corrected chi connectivity index (χ4v) is 1.99. The Kier molecular flexibility index (Phi) is 2.47. The van der Waals surface area contributed by atoms with Crippen molar-refractivity contribution in [3.05, 3.63) is 24.6 Å². The zero-order valence-corrected chi connectivity index (χ0v) is 9.79. The zero-order chi connectivity index (χ0) is 12.5. The van der Waals surface area contributed by atoms with E-state index in [-0.39, 0.29) is 12.5 Å². The molecule has 18 heavy (non-hydrogen) atoms. The number of anilines is 1. The van der Waals surface area contributed by atoms with Crippen LogP contribution in [0.25, 0.3) is 11.4 Å². The van der Waals surface area contributed by atoms with Gasteiger partial charge in [-0.1, -0.05) is 5.16 Å². The van der Waals surface area contributed by atoms with Crippen LogP contribution in [0.15, 0.2) is 29.1 Å². The van der Waals surface area contributed by atoms with Gasteiger partial charge < -0.3 is 14.2 Å². The van der Waals surface area contributed by atoms with Gasteiger partial charge in [0.15, 0.2) is 6.61 Å². The lowest BCUT2D eigenvalue weighted by Crippen LogP contribution is -2.38. The first-order valence-corrected chi connectivity index (χ1v) is 5.63. The van der Waals surface area contributed by atoms with Crippen LogP contribution in [0, 0.1) is 0 Å². The number of hydrogen-bond donors (Lipinski definition) is 0. The number of benzene rings is 1. The quantitative estimate of drug-likeness (QED) is 0.801. The zero-order valence-electron chi connectivity index (χ0n) is 9.79. The Morgan fingerprint density at radius 3 is 3.06 bits per heavy atom. The van der Waals surface area contributed by atoms with Crippen molar-refractivity contribution in [3.63, 3.8) is 0 Å². The third-order valence-electron chi connectivity index (χ3n) is 2.84. The van der Waals surface area contributed by atoms with Gasteiger partial charge in [0.05, 0.1) is 5.69 Å². The molecule has 0 spiro atoms. The summed E-state index contributed by atoms with van der Waals surface area (Å²) < 4.78 is 10.1. The molecule has 2 aromatic rings. The summed E-state index contributed by atoms with van der Waals surface area (Å²) in [5.74, 6) is 1.14. The number of carbonyl (C=O) groups excluding carboxylic acids is 1. The van der Waals surface area contributed by atoms with Gasteiger partial charge in [-0.2, -0.15) is 4.98 Å². The Bertz CT molecular complexity index is 580. The van der Waals surface area contributed by atoms with Crippen LogP contribution in [-0.2, 0) is 4.79 Å². The lowest BCUT2D eigenvalue weighted by Gasteiger charge is -2.28. The number of fused-ring (bicyclic) bond motifs is 1. The van der Waals surface area contributed by atoms with E-state index in [9.17, 15) is 4.79 Å². The summed E-state index contributed by atoms with van der Waals surface area (Å²) in [6.45, 7) is 2.62. The van der Waals surface area contributed by atoms with E-state index >= 15 is 0 Å². The first-order valence-electron chi connectivity index (χ1n) is 5.63. The molecule has 1 aliphatic heterocycles. The second kappa shape index (κ2) is 4.14. The summed E-state index contributed by atoms with van der Waals surface area (Å²) in [4.78, 5) is 17.3. The summed E-state index contributed by atoms with van der Waals surface area (Å²) in [6, 6.07) is 5.49. The van der Waals surface area contributed by atoms with Gasteiger partial charge in [-0.05, 0) is 25.1 Å². The molecule has 0 N–H and O–H groups in total. The van der Waals surface area contributed by atoms with Crippen LogP contribution in [0.1, 0.15) is 6.92 Å². The number of carbonyl (C=O) groups is 1. The molecule has 92 valence electrons. The summed E-state index contributed by atoms with van der Waals surface area (Å²) in [5, 5.41) is 3.77. The van der Waals surface area contributed by atoms with E-state index in [2.05, 4.69) is 10.1 Å². The Hall–Kier alpha value is -2.37. The highest BCUT2D eigenvalue weighted by Crippen LogP contribution is 2.34. The monoisotopic (exact) mass is 245 g/mol. The molecule has 0 saturated heterocycles. The number of rotatable bonds is 2. The minimum Gasteiger partial charge on any atom is -0.482 e. The molecule has 1 amide bonds. The Morgan fingerprint density at radius 2 is 2.33 bits per heavy atom. The number of hydrogen-bond acceptors (Lipinski definition) is 5. The molecule has 0 aliphatic carbocycles. The van der Waals surface area contributed by atoms with E-state index in [0.717, 1.165) is 11.3 Å². The minimum absolute atomic E-state index is 0.0303. The van der Waals surface area contributed by atoms with E-state index in [1.807, 2.05) is 25.1 Å². The number of ether oxygens (including phenoxy) is 1. The summed E-state index contributed by atoms with van der Waals surface area (Å²) in [7, 11) is 0. The normalized spacial score (nSPS) is 14.3. The molecule has 3 rings (SSSR count). The van der Waals surface area contributed by atoms with Crippen LogP contribution in [-0.4, -0.2) is 29.2 Å². The molecule has 2 heterocycles. The largest absolute Gasteiger partial charge is 0.482 e. The highest BCUT2D eigenvalue weighted by molar-refractivity contribution is 5.98. The third-order valence-corrected chi connectivity index (χ3v) is 2.84. The highest BCUT2D eigenvalue weighted by atomic mass is 16.5. The molecule has 1 aromatic carbocycles. The maximum absolute atomic E-state index is 11.7. The van der Waals surface area contributed by atoms with E-state index < -0.39 is 0 Å². The van der Waals surface area contributed by atoms with E-state index in [1.165, 1.54) is 6.39 Å². The van der Waals surface area contributed by atoms with Gasteiger partial charge in [0.25, 0.3) is 5.91 Å². The predicted octanol–water partition coefficient (Wildman–Crippen LogP) is 1.48. The summed E-state index contributed by atoms with van der Waals surface area (Å²) in [6.07, 6.45) is 1.28. The number of amides is 1. The van der Waals surface area contributed by atoms with Crippen molar-refractivity contribution >= 4 is 11.6 Å². The molecule has 0 radical (unpaired) electrons. The first-order chi connectivity index (χ1) is 8.79. The molecule has 0 bridgehead atoms. The van der Waals surface area contributed by atoms with Crippen LogP contribution in [0.2, 0.25) is 0 Å². The van der Waals surface area contributed by atoms with Crippen molar-refractivity contribution in [1.82, 2.24) is 10.1 Å². The first kappa shape index (κ1) is 10.8. The predicted molar refractivity (Wildman–Crippen MR) is 63.3 cm³/mol. The lowest BCUT2D eigenvalue weighted by atomic mass is 10.1. The van der Waals surface area contributed by atoms with Gasteiger partial charge in [-0.25, -0.2) is 0 Å². The van der Waals surface area contributed by atoms with E-state index in [1.54, 1.807) is 4.90 Å². The van der Waals surface area contributed by atoms with Gasteiger partial charge in [-0.3, -0.25) is 4.79 Å². The molecular formula is C12H11N3O3. The van der Waals surface area contributed by atoms with Gasteiger partial charge in [0.1, 0.15) is 5.75 Å². The number of aromatic nitrogens is 2. The maximum Gasteiger partial charge on any atom is 0.265 e. The summed E-state index contributed by atoms with van der Waals surface area (Å²) >= 11 is 0. The average molecular weight is 245 g/mol. The Balaban J connectivity index is 2.04. The fraction of sp³-hybridized carbons (Fsp3) is 0.250. The number of likely N-dealkylation sites (N-methyl/N-ethyl adjacent to an activating group) is 1. The molecule has 0 fully saturated rings. The maximum atomic E-state index is 11.7. The topological polar surface area (TPSA) is 68.5 Å². The minimum atomic E-state index is -0.0303. The van der Waals surface area contributed by atoms with Gasteiger partial charge >= 0.3 is 0 Å². The Morgan fingerprint density at radius 1 is 1.44 bits per heavy atom. The van der Waals surface area contributed by atoms with Crippen LogP contribution in [0.4, 0.5) is 5.69 Å².